The first-order valence-corrected chi connectivity index (χ1v) is 18.4. The largest absolute Gasteiger partial charge is 0.467 e. The van der Waals surface area contributed by atoms with Gasteiger partial charge in [-0.15, -0.1) is 0 Å². The van der Waals surface area contributed by atoms with Gasteiger partial charge in [-0.2, -0.15) is 0 Å². The molecule has 9 heteroatoms. The SMILES string of the molecule is COC(=O)COP(=O)(CNC(=O)O[C@H]1CC[C@@]2(C)C(=CC[C@@]3(C)[C@@H]4CC[C@H]([C@H](C)CCCC(C)C)[C@@]4(C)CC[C@@H]32)C1)OC. The van der Waals surface area contributed by atoms with Crippen LogP contribution < -0.4 is 5.32 Å². The Kier molecular flexibility index (Phi) is 10.9. The van der Waals surface area contributed by atoms with Gasteiger partial charge in [-0.25, -0.2) is 9.59 Å². The molecule has 4 aliphatic carbocycles. The minimum Gasteiger partial charge on any atom is -0.467 e. The molecule has 0 aliphatic heterocycles. The maximum atomic E-state index is 12.7. The number of nitrogens with one attached hydrogen (secondary N) is 1. The van der Waals surface area contributed by atoms with Gasteiger partial charge in [0.2, 0.25) is 0 Å². The van der Waals surface area contributed by atoms with Crippen LogP contribution in [0.2, 0.25) is 0 Å². The summed E-state index contributed by atoms with van der Waals surface area (Å²) in [4.78, 5) is 24.0. The monoisotopic (exact) mass is 623 g/mol. The van der Waals surface area contributed by atoms with Gasteiger partial charge in [-0.3, -0.25) is 9.09 Å². The number of rotatable bonds is 12. The summed E-state index contributed by atoms with van der Waals surface area (Å²) in [5.74, 6) is 3.17. The van der Waals surface area contributed by atoms with E-state index in [0.717, 1.165) is 49.4 Å². The summed E-state index contributed by atoms with van der Waals surface area (Å²) < 4.78 is 33.0. The lowest BCUT2D eigenvalue weighted by molar-refractivity contribution is -0.143. The number of carbonyl (C=O) groups is 2. The fourth-order valence-electron chi connectivity index (χ4n) is 10.1. The third-order valence-corrected chi connectivity index (χ3v) is 14.0. The number of fused-ring (bicyclic) bond motifs is 5. The Balaban J connectivity index is 1.37. The van der Waals surface area contributed by atoms with Crippen molar-refractivity contribution < 1.29 is 32.7 Å². The van der Waals surface area contributed by atoms with E-state index in [-0.39, 0.29) is 17.8 Å². The lowest BCUT2D eigenvalue weighted by Crippen LogP contribution is -2.56. The van der Waals surface area contributed by atoms with Crippen LogP contribution in [0.3, 0.4) is 0 Å². The number of carbonyl (C=O) groups excluding carboxylic acids is 2. The molecule has 0 radical (unpaired) electrons. The summed E-state index contributed by atoms with van der Waals surface area (Å²) in [6.07, 6.45) is 14.4. The molecule has 9 atom stereocenters. The van der Waals surface area contributed by atoms with Gasteiger partial charge in [0.15, 0.2) is 6.61 Å². The molecule has 0 spiro atoms. The fourth-order valence-corrected chi connectivity index (χ4v) is 11.1. The van der Waals surface area contributed by atoms with E-state index in [9.17, 15) is 14.2 Å². The number of alkyl carbamates (subject to hydrolysis) is 1. The molecule has 1 unspecified atom stereocenters. The highest BCUT2D eigenvalue weighted by Crippen LogP contribution is 2.72. The zero-order valence-electron chi connectivity index (χ0n) is 28.0. The quantitative estimate of drug-likeness (QED) is 0.132. The van der Waals surface area contributed by atoms with E-state index in [0.29, 0.717) is 16.7 Å². The number of methoxy groups -OCH3 is 1. The van der Waals surface area contributed by atoms with Crippen LogP contribution in [-0.2, 0) is 27.9 Å². The normalized spacial score (nSPS) is 37.3. The maximum Gasteiger partial charge on any atom is 0.407 e. The average Bonchev–Trinajstić information content (AvgIpc) is 3.33. The molecule has 0 aromatic carbocycles. The first-order valence-electron chi connectivity index (χ1n) is 16.7. The molecule has 3 saturated carbocycles. The second-order valence-corrected chi connectivity index (χ2v) is 17.4. The van der Waals surface area contributed by atoms with Crippen LogP contribution in [0.15, 0.2) is 11.6 Å². The van der Waals surface area contributed by atoms with E-state index in [2.05, 4.69) is 57.7 Å². The van der Waals surface area contributed by atoms with Crippen molar-refractivity contribution in [2.24, 2.45) is 45.8 Å². The lowest BCUT2D eigenvalue weighted by atomic mass is 9.41. The minimum atomic E-state index is -3.69. The molecule has 0 aromatic heterocycles. The molecule has 0 heterocycles. The second-order valence-electron chi connectivity index (χ2n) is 15.2. The van der Waals surface area contributed by atoms with Crippen LogP contribution in [-0.4, -0.2) is 45.3 Å². The van der Waals surface area contributed by atoms with E-state index in [1.165, 1.54) is 64.7 Å². The molecule has 4 aliphatic rings. The lowest BCUT2D eigenvalue weighted by Gasteiger charge is -2.63. The number of esters is 1. The van der Waals surface area contributed by atoms with E-state index in [1.807, 2.05) is 0 Å². The Morgan fingerprint density at radius 1 is 1.00 bits per heavy atom. The Labute approximate surface area is 260 Å². The first kappa shape index (κ1) is 34.5. The van der Waals surface area contributed by atoms with E-state index in [1.54, 1.807) is 0 Å². The first-order chi connectivity index (χ1) is 20.2. The van der Waals surface area contributed by atoms with Crippen molar-refractivity contribution in [2.75, 3.05) is 27.1 Å². The highest BCUT2D eigenvalue weighted by Gasteiger charge is 2.64. The minimum absolute atomic E-state index is 0.138. The van der Waals surface area contributed by atoms with Crippen molar-refractivity contribution in [1.29, 1.82) is 0 Å². The molecule has 4 rings (SSSR count). The molecule has 3 fully saturated rings. The number of amides is 1. The third kappa shape index (κ3) is 7.07. The maximum absolute atomic E-state index is 12.7. The Bertz CT molecular complexity index is 1090. The Morgan fingerprint density at radius 3 is 2.42 bits per heavy atom. The van der Waals surface area contributed by atoms with Crippen molar-refractivity contribution in [3.8, 4) is 0 Å². The number of hydrogen-bond donors (Lipinski definition) is 1. The van der Waals surface area contributed by atoms with Crippen molar-refractivity contribution >= 4 is 19.7 Å². The van der Waals surface area contributed by atoms with Gasteiger partial charge in [0, 0.05) is 13.5 Å². The molecular formula is C34H58NO7P. The van der Waals surface area contributed by atoms with Crippen molar-refractivity contribution in [2.45, 2.75) is 118 Å². The summed E-state index contributed by atoms with van der Waals surface area (Å²) in [6.45, 7) is 14.4. The summed E-state index contributed by atoms with van der Waals surface area (Å²) in [5.41, 5.74) is 2.33. The summed E-state index contributed by atoms with van der Waals surface area (Å²) in [6, 6.07) is 0. The fraction of sp³-hybridized carbons (Fsp3) is 0.882. The van der Waals surface area contributed by atoms with Crippen LogP contribution in [0.4, 0.5) is 4.79 Å². The number of hydrogen-bond acceptors (Lipinski definition) is 7. The van der Waals surface area contributed by atoms with Gasteiger partial charge in [0.05, 0.1) is 7.11 Å². The van der Waals surface area contributed by atoms with Crippen LogP contribution in [0.25, 0.3) is 0 Å². The molecular weight excluding hydrogens is 565 g/mol. The highest BCUT2D eigenvalue weighted by atomic mass is 31.2. The zero-order valence-corrected chi connectivity index (χ0v) is 28.9. The molecule has 0 bridgehead atoms. The molecule has 0 saturated heterocycles. The van der Waals surface area contributed by atoms with Gasteiger partial charge >= 0.3 is 19.7 Å². The molecule has 43 heavy (non-hydrogen) atoms. The molecule has 8 nitrogen and oxygen atoms in total. The van der Waals surface area contributed by atoms with E-state index in [4.69, 9.17) is 13.8 Å². The smallest absolute Gasteiger partial charge is 0.407 e. The molecule has 246 valence electrons. The van der Waals surface area contributed by atoms with E-state index < -0.39 is 26.3 Å². The topological polar surface area (TPSA) is 100 Å². The predicted octanol–water partition coefficient (Wildman–Crippen LogP) is 8.50. The Hall–Kier alpha value is -1.37. The van der Waals surface area contributed by atoms with Gasteiger partial charge < -0.3 is 19.3 Å². The summed E-state index contributed by atoms with van der Waals surface area (Å²) in [7, 11) is -1.27. The molecule has 1 amide bonds. The van der Waals surface area contributed by atoms with Crippen molar-refractivity contribution in [3.05, 3.63) is 11.6 Å². The van der Waals surface area contributed by atoms with Crippen LogP contribution in [0.5, 0.6) is 0 Å². The number of ether oxygens (including phenoxy) is 2. The Morgan fingerprint density at radius 2 is 1.74 bits per heavy atom. The van der Waals surface area contributed by atoms with Gasteiger partial charge in [-0.1, -0.05) is 72.5 Å². The van der Waals surface area contributed by atoms with Crippen molar-refractivity contribution in [1.82, 2.24) is 5.32 Å². The van der Waals surface area contributed by atoms with Gasteiger partial charge in [0.25, 0.3) is 0 Å². The van der Waals surface area contributed by atoms with E-state index >= 15 is 0 Å². The second kappa shape index (κ2) is 13.5. The van der Waals surface area contributed by atoms with Crippen LogP contribution in [0.1, 0.15) is 112 Å². The standard InChI is InChI=1S/C34H58NO7P/c1-23(2)10-9-11-24(3)27-12-13-28-33(27,5)19-16-29-32(4)18-15-26(20-25(32)14-17-34(28,29)6)42-31(37)35-22-43(38,40-8)41-21-30(36)39-7/h14,23-24,26-29H,9-13,15-22H2,1-8H3,(H,35,37)/t24-,26+,27-,28-,29-,32+,33-,34+,43?/m1/s1. The molecule has 1 N–H and O–H groups in total. The van der Waals surface area contributed by atoms with Gasteiger partial charge in [0.1, 0.15) is 12.4 Å². The van der Waals surface area contributed by atoms with Crippen molar-refractivity contribution in [3.63, 3.8) is 0 Å². The summed E-state index contributed by atoms with van der Waals surface area (Å²) >= 11 is 0. The summed E-state index contributed by atoms with van der Waals surface area (Å²) in [5, 5.41) is 2.51. The van der Waals surface area contributed by atoms with Crippen LogP contribution in [0, 0.1) is 45.8 Å². The number of allylic oxidation sites excluding steroid dienone is 1. The predicted molar refractivity (Wildman–Crippen MR) is 169 cm³/mol. The van der Waals surface area contributed by atoms with Crippen LogP contribution >= 0.6 is 7.60 Å². The highest BCUT2D eigenvalue weighted by molar-refractivity contribution is 7.53. The average molecular weight is 624 g/mol. The third-order valence-electron chi connectivity index (χ3n) is 12.4. The van der Waals surface area contributed by atoms with Gasteiger partial charge in [-0.05, 0) is 90.8 Å². The zero-order chi connectivity index (χ0) is 31.6. The molecule has 0 aromatic rings.